The van der Waals surface area contributed by atoms with Crippen LogP contribution in [-0.2, 0) is 16.0 Å². The van der Waals surface area contributed by atoms with Gasteiger partial charge in [0.25, 0.3) is 5.91 Å². The van der Waals surface area contributed by atoms with E-state index in [1.54, 1.807) is 6.07 Å². The number of carbonyl (C=O) groups excluding carboxylic acids is 2. The van der Waals surface area contributed by atoms with Crippen molar-refractivity contribution in [2.75, 3.05) is 11.9 Å². The number of benzene rings is 2. The summed E-state index contributed by atoms with van der Waals surface area (Å²) in [5, 5.41) is 3.71. The molecule has 0 radical (unpaired) electrons. The van der Waals surface area contributed by atoms with E-state index < -0.39 is 5.97 Å². The monoisotopic (exact) mass is 339 g/mol. The van der Waals surface area contributed by atoms with Gasteiger partial charge >= 0.3 is 5.97 Å². The second-order valence-corrected chi connectivity index (χ2v) is 6.41. The molecule has 2 aromatic carbocycles. The molecule has 3 rings (SSSR count). The van der Waals surface area contributed by atoms with Crippen molar-refractivity contribution in [3.05, 3.63) is 65.0 Å². The maximum Gasteiger partial charge on any atom is 0.348 e. The van der Waals surface area contributed by atoms with Crippen LogP contribution in [-0.4, -0.2) is 18.5 Å². The summed E-state index contributed by atoms with van der Waals surface area (Å²) in [4.78, 5) is 24.4. The van der Waals surface area contributed by atoms with E-state index in [9.17, 15) is 9.59 Å². The number of thiophene rings is 1. The van der Waals surface area contributed by atoms with Gasteiger partial charge in [-0.15, -0.1) is 11.3 Å². The standard InChI is InChI=1S/C19H17NO3S/c1-2-13-7-9-15(10-8-13)20-18(21)12-23-19(22)17-11-14-5-3-4-6-16(14)24-17/h3-11H,2,12H2,1H3,(H,20,21). The van der Waals surface area contributed by atoms with Gasteiger partial charge < -0.3 is 10.1 Å². The van der Waals surface area contributed by atoms with Crippen molar-refractivity contribution in [3.63, 3.8) is 0 Å². The van der Waals surface area contributed by atoms with Gasteiger partial charge in [-0.25, -0.2) is 4.79 Å². The smallest absolute Gasteiger partial charge is 0.348 e. The Morgan fingerprint density at radius 2 is 1.83 bits per heavy atom. The minimum absolute atomic E-state index is 0.303. The summed E-state index contributed by atoms with van der Waals surface area (Å²) in [5.74, 6) is -0.832. The first-order chi connectivity index (χ1) is 11.7. The van der Waals surface area contributed by atoms with Crippen molar-refractivity contribution in [2.45, 2.75) is 13.3 Å². The van der Waals surface area contributed by atoms with Gasteiger partial charge in [0.15, 0.2) is 6.61 Å². The van der Waals surface area contributed by atoms with Crippen molar-refractivity contribution >= 4 is 39.0 Å². The summed E-state index contributed by atoms with van der Waals surface area (Å²) >= 11 is 1.36. The Kier molecular flexibility index (Phi) is 4.91. The zero-order valence-electron chi connectivity index (χ0n) is 13.2. The number of amides is 1. The quantitative estimate of drug-likeness (QED) is 0.707. The predicted octanol–water partition coefficient (Wildman–Crippen LogP) is 4.26. The number of rotatable bonds is 5. The molecular formula is C19H17NO3S. The largest absolute Gasteiger partial charge is 0.451 e. The van der Waals surface area contributed by atoms with E-state index in [1.165, 1.54) is 16.9 Å². The molecule has 3 aromatic rings. The number of hydrogen-bond acceptors (Lipinski definition) is 4. The van der Waals surface area contributed by atoms with Crippen LogP contribution >= 0.6 is 11.3 Å². The second-order valence-electron chi connectivity index (χ2n) is 5.32. The van der Waals surface area contributed by atoms with Gasteiger partial charge in [0, 0.05) is 10.4 Å². The minimum Gasteiger partial charge on any atom is -0.451 e. The molecule has 0 aliphatic rings. The fraction of sp³-hybridized carbons (Fsp3) is 0.158. The Bertz CT molecular complexity index is 835. The maximum absolute atomic E-state index is 12.1. The molecule has 1 amide bonds. The maximum atomic E-state index is 12.1. The topological polar surface area (TPSA) is 55.4 Å². The van der Waals surface area contributed by atoms with Crippen LogP contribution < -0.4 is 5.32 Å². The van der Waals surface area contributed by atoms with Crippen LogP contribution in [0.5, 0.6) is 0 Å². The molecule has 0 aliphatic heterocycles. The number of fused-ring (bicyclic) bond motifs is 1. The lowest BCUT2D eigenvalue weighted by atomic mass is 10.1. The van der Waals surface area contributed by atoms with E-state index in [0.29, 0.717) is 10.6 Å². The Labute approximate surface area is 144 Å². The van der Waals surface area contributed by atoms with Crippen LogP contribution in [0.2, 0.25) is 0 Å². The molecule has 1 heterocycles. The fourth-order valence-corrected chi connectivity index (χ4v) is 3.26. The van der Waals surface area contributed by atoms with Gasteiger partial charge in [0.2, 0.25) is 0 Å². The molecule has 24 heavy (non-hydrogen) atoms. The first kappa shape index (κ1) is 16.2. The summed E-state index contributed by atoms with van der Waals surface area (Å²) in [6.45, 7) is 1.77. The van der Waals surface area contributed by atoms with Gasteiger partial charge in [-0.1, -0.05) is 37.3 Å². The first-order valence-electron chi connectivity index (χ1n) is 7.70. The average molecular weight is 339 g/mol. The van der Waals surface area contributed by atoms with E-state index in [1.807, 2.05) is 48.5 Å². The van der Waals surface area contributed by atoms with E-state index in [0.717, 1.165) is 16.5 Å². The van der Waals surface area contributed by atoms with Crippen LogP contribution in [0.1, 0.15) is 22.2 Å². The molecule has 0 fully saturated rings. The van der Waals surface area contributed by atoms with Crippen molar-refractivity contribution < 1.29 is 14.3 Å². The van der Waals surface area contributed by atoms with Gasteiger partial charge in [0.05, 0.1) is 0 Å². The van der Waals surface area contributed by atoms with Crippen LogP contribution in [0.25, 0.3) is 10.1 Å². The molecule has 0 spiro atoms. The third-order valence-corrected chi connectivity index (χ3v) is 4.70. The number of nitrogens with one attached hydrogen (secondary N) is 1. The lowest BCUT2D eigenvalue weighted by Crippen LogP contribution is -2.20. The van der Waals surface area contributed by atoms with Gasteiger partial charge in [-0.05, 0) is 41.6 Å². The van der Waals surface area contributed by atoms with Crippen LogP contribution in [0, 0.1) is 0 Å². The van der Waals surface area contributed by atoms with Crippen LogP contribution in [0.3, 0.4) is 0 Å². The van der Waals surface area contributed by atoms with E-state index in [4.69, 9.17) is 4.74 Å². The molecule has 0 aliphatic carbocycles. The molecule has 1 N–H and O–H groups in total. The highest BCUT2D eigenvalue weighted by atomic mass is 32.1. The Morgan fingerprint density at radius 1 is 1.08 bits per heavy atom. The van der Waals surface area contributed by atoms with E-state index in [-0.39, 0.29) is 12.5 Å². The summed E-state index contributed by atoms with van der Waals surface area (Å²) in [6, 6.07) is 17.1. The van der Waals surface area contributed by atoms with E-state index in [2.05, 4.69) is 12.2 Å². The van der Waals surface area contributed by atoms with Gasteiger partial charge in [-0.2, -0.15) is 0 Å². The first-order valence-corrected chi connectivity index (χ1v) is 8.52. The molecule has 0 bridgehead atoms. The molecule has 0 atom stereocenters. The number of anilines is 1. The summed E-state index contributed by atoms with van der Waals surface area (Å²) < 4.78 is 6.11. The molecule has 0 saturated carbocycles. The summed E-state index contributed by atoms with van der Waals surface area (Å²) in [5.41, 5.74) is 1.89. The molecule has 4 nitrogen and oxygen atoms in total. The molecule has 0 saturated heterocycles. The number of aryl methyl sites for hydroxylation is 1. The second kappa shape index (κ2) is 7.27. The highest BCUT2D eigenvalue weighted by Crippen LogP contribution is 2.25. The fourth-order valence-electron chi connectivity index (χ4n) is 2.31. The molecule has 5 heteroatoms. The zero-order chi connectivity index (χ0) is 16.9. The van der Waals surface area contributed by atoms with Crippen molar-refractivity contribution in [1.82, 2.24) is 0 Å². The number of esters is 1. The highest BCUT2D eigenvalue weighted by Gasteiger charge is 2.13. The van der Waals surface area contributed by atoms with Gasteiger partial charge in [0.1, 0.15) is 4.88 Å². The Balaban J connectivity index is 1.55. The van der Waals surface area contributed by atoms with Gasteiger partial charge in [-0.3, -0.25) is 4.79 Å². The normalized spacial score (nSPS) is 10.5. The third-order valence-electron chi connectivity index (χ3n) is 3.61. The lowest BCUT2D eigenvalue weighted by Gasteiger charge is -2.06. The molecule has 122 valence electrons. The Morgan fingerprint density at radius 3 is 2.54 bits per heavy atom. The minimum atomic E-state index is -0.479. The average Bonchev–Trinajstić information content (AvgIpc) is 3.04. The molecule has 1 aromatic heterocycles. The number of ether oxygens (including phenoxy) is 1. The SMILES string of the molecule is CCc1ccc(NC(=O)COC(=O)c2cc3ccccc3s2)cc1. The zero-order valence-corrected chi connectivity index (χ0v) is 14.1. The summed E-state index contributed by atoms with van der Waals surface area (Å²) in [7, 11) is 0. The number of carbonyl (C=O) groups is 2. The van der Waals surface area contributed by atoms with Crippen molar-refractivity contribution in [2.24, 2.45) is 0 Å². The van der Waals surface area contributed by atoms with E-state index >= 15 is 0 Å². The van der Waals surface area contributed by atoms with Crippen LogP contribution in [0.15, 0.2) is 54.6 Å². The predicted molar refractivity (Wildman–Crippen MR) is 96.6 cm³/mol. The third kappa shape index (κ3) is 3.81. The molecule has 0 unspecified atom stereocenters. The Hall–Kier alpha value is -2.66. The highest BCUT2D eigenvalue weighted by molar-refractivity contribution is 7.20. The van der Waals surface area contributed by atoms with Crippen molar-refractivity contribution in [1.29, 1.82) is 0 Å². The number of hydrogen-bond donors (Lipinski definition) is 1. The van der Waals surface area contributed by atoms with Crippen molar-refractivity contribution in [3.8, 4) is 0 Å². The lowest BCUT2D eigenvalue weighted by molar-refractivity contribution is -0.119. The van der Waals surface area contributed by atoms with Crippen LogP contribution in [0.4, 0.5) is 5.69 Å². The molecular weight excluding hydrogens is 322 g/mol. The summed E-state index contributed by atoms with van der Waals surface area (Å²) in [6.07, 6.45) is 0.945.